The first-order valence-electron chi connectivity index (χ1n) is 6.98. The average molecular weight is 350 g/mol. The Morgan fingerprint density at radius 2 is 2.05 bits per heavy atom. The molecule has 2 unspecified atom stereocenters. The average Bonchev–Trinajstić information content (AvgIpc) is 2.49. The van der Waals surface area contributed by atoms with Crippen LogP contribution in [0.3, 0.4) is 0 Å². The van der Waals surface area contributed by atoms with E-state index in [4.69, 9.17) is 4.74 Å². The molecule has 1 aliphatic rings. The molecule has 21 heavy (non-hydrogen) atoms. The lowest BCUT2D eigenvalue weighted by molar-refractivity contribution is 0.153. The van der Waals surface area contributed by atoms with Gasteiger partial charge < -0.3 is 10.1 Å². The van der Waals surface area contributed by atoms with Gasteiger partial charge in [0.15, 0.2) is 0 Å². The Morgan fingerprint density at radius 3 is 2.76 bits per heavy atom. The second-order valence-corrected chi connectivity index (χ2v) is 6.25. The van der Waals surface area contributed by atoms with E-state index in [-0.39, 0.29) is 18.0 Å². The molecular formula is C17H17BrFNO. The van der Waals surface area contributed by atoms with Crippen LogP contribution in [0.25, 0.3) is 0 Å². The minimum Gasteiger partial charge on any atom is -0.485 e. The van der Waals surface area contributed by atoms with E-state index in [2.05, 4.69) is 34.2 Å². The third-order valence-corrected chi connectivity index (χ3v) is 4.57. The van der Waals surface area contributed by atoms with Crippen molar-refractivity contribution in [3.05, 3.63) is 63.4 Å². The molecule has 2 aromatic rings. The largest absolute Gasteiger partial charge is 0.485 e. The molecule has 4 heteroatoms. The van der Waals surface area contributed by atoms with Crippen molar-refractivity contribution in [2.45, 2.75) is 25.5 Å². The number of nitrogens with one attached hydrogen (secondary N) is 1. The van der Waals surface area contributed by atoms with E-state index in [9.17, 15) is 4.39 Å². The molecule has 0 aromatic heterocycles. The highest BCUT2D eigenvalue weighted by molar-refractivity contribution is 9.10. The van der Waals surface area contributed by atoms with E-state index in [1.165, 1.54) is 11.1 Å². The topological polar surface area (TPSA) is 21.3 Å². The standard InChI is InChI=1S/C17H17BrFNO/c1-10-3-6-16-12(7-10)15(20-2)9-17(21-16)11-4-5-13(18)14(19)8-11/h3-8,15,17,20H,9H2,1-2H3. The quantitative estimate of drug-likeness (QED) is 0.849. The predicted molar refractivity (Wildman–Crippen MR) is 85.1 cm³/mol. The van der Waals surface area contributed by atoms with Crippen molar-refractivity contribution in [2.24, 2.45) is 0 Å². The van der Waals surface area contributed by atoms with Crippen LogP contribution in [-0.4, -0.2) is 7.05 Å². The van der Waals surface area contributed by atoms with Crippen LogP contribution in [0.1, 0.15) is 35.3 Å². The Balaban J connectivity index is 1.96. The van der Waals surface area contributed by atoms with Gasteiger partial charge >= 0.3 is 0 Å². The normalized spacial score (nSPS) is 20.8. The summed E-state index contributed by atoms with van der Waals surface area (Å²) in [5.41, 5.74) is 3.25. The number of halogens is 2. The van der Waals surface area contributed by atoms with Gasteiger partial charge in [-0.2, -0.15) is 0 Å². The highest BCUT2D eigenvalue weighted by Crippen LogP contribution is 2.41. The van der Waals surface area contributed by atoms with E-state index in [0.717, 1.165) is 17.7 Å². The van der Waals surface area contributed by atoms with Crippen LogP contribution in [0.15, 0.2) is 40.9 Å². The van der Waals surface area contributed by atoms with Crippen LogP contribution in [0.2, 0.25) is 0 Å². The highest BCUT2D eigenvalue weighted by atomic mass is 79.9. The lowest BCUT2D eigenvalue weighted by Crippen LogP contribution is -2.26. The maximum atomic E-state index is 13.7. The molecule has 1 N–H and O–H groups in total. The Kier molecular flexibility index (Phi) is 4.00. The van der Waals surface area contributed by atoms with Gasteiger partial charge in [0.2, 0.25) is 0 Å². The summed E-state index contributed by atoms with van der Waals surface area (Å²) in [6.07, 6.45) is 0.647. The van der Waals surface area contributed by atoms with Gasteiger partial charge in [0.25, 0.3) is 0 Å². The number of ether oxygens (including phenoxy) is 1. The second-order valence-electron chi connectivity index (χ2n) is 5.40. The SMILES string of the molecule is CNC1CC(c2ccc(Br)c(F)c2)Oc2ccc(C)cc21. The maximum Gasteiger partial charge on any atom is 0.137 e. The van der Waals surface area contributed by atoms with Crippen molar-refractivity contribution in [3.63, 3.8) is 0 Å². The summed E-state index contributed by atoms with van der Waals surface area (Å²) >= 11 is 3.18. The highest BCUT2D eigenvalue weighted by Gasteiger charge is 2.28. The van der Waals surface area contributed by atoms with Crippen LogP contribution in [0, 0.1) is 12.7 Å². The second kappa shape index (κ2) is 5.78. The number of benzene rings is 2. The molecule has 0 saturated carbocycles. The molecule has 0 saturated heterocycles. The summed E-state index contributed by atoms with van der Waals surface area (Å²) in [7, 11) is 1.95. The summed E-state index contributed by atoms with van der Waals surface area (Å²) in [5, 5.41) is 3.33. The van der Waals surface area contributed by atoms with Crippen molar-refractivity contribution in [2.75, 3.05) is 7.05 Å². The van der Waals surface area contributed by atoms with Gasteiger partial charge in [0.1, 0.15) is 17.7 Å². The molecule has 1 heterocycles. The van der Waals surface area contributed by atoms with Crippen molar-refractivity contribution in [1.82, 2.24) is 5.32 Å². The molecule has 110 valence electrons. The molecule has 0 spiro atoms. The zero-order valence-electron chi connectivity index (χ0n) is 12.0. The van der Waals surface area contributed by atoms with Crippen molar-refractivity contribution in [1.29, 1.82) is 0 Å². The number of hydrogen-bond acceptors (Lipinski definition) is 2. The van der Waals surface area contributed by atoms with Gasteiger partial charge in [-0.1, -0.05) is 23.8 Å². The van der Waals surface area contributed by atoms with Crippen LogP contribution >= 0.6 is 15.9 Å². The molecule has 0 radical (unpaired) electrons. The fourth-order valence-corrected chi connectivity index (χ4v) is 3.03. The lowest BCUT2D eigenvalue weighted by Gasteiger charge is -2.32. The molecule has 1 aliphatic heterocycles. The number of aryl methyl sites for hydroxylation is 1. The van der Waals surface area contributed by atoms with Gasteiger partial charge in [0.05, 0.1) is 4.47 Å². The molecular weight excluding hydrogens is 333 g/mol. The van der Waals surface area contributed by atoms with Crippen molar-refractivity contribution in [3.8, 4) is 5.75 Å². The van der Waals surface area contributed by atoms with Gasteiger partial charge in [-0.25, -0.2) is 4.39 Å². The van der Waals surface area contributed by atoms with Crippen LogP contribution in [-0.2, 0) is 0 Å². The first kappa shape index (κ1) is 14.5. The van der Waals surface area contributed by atoms with E-state index >= 15 is 0 Å². The number of hydrogen-bond donors (Lipinski definition) is 1. The summed E-state index contributed by atoms with van der Waals surface area (Å²) in [6.45, 7) is 2.07. The molecule has 0 amide bonds. The molecule has 2 aromatic carbocycles. The van der Waals surface area contributed by atoms with Crippen molar-refractivity contribution >= 4 is 15.9 Å². The van der Waals surface area contributed by atoms with Gasteiger partial charge in [-0.3, -0.25) is 0 Å². The van der Waals surface area contributed by atoms with Crippen LogP contribution in [0.4, 0.5) is 4.39 Å². The van der Waals surface area contributed by atoms with Gasteiger partial charge in [-0.05, 0) is 53.7 Å². The van der Waals surface area contributed by atoms with Gasteiger partial charge in [-0.15, -0.1) is 0 Å². The first-order valence-corrected chi connectivity index (χ1v) is 7.77. The fraction of sp³-hybridized carbons (Fsp3) is 0.294. The van der Waals surface area contributed by atoms with Crippen LogP contribution in [0.5, 0.6) is 5.75 Å². The van der Waals surface area contributed by atoms with Crippen LogP contribution < -0.4 is 10.1 Å². The lowest BCUT2D eigenvalue weighted by atomic mass is 9.92. The maximum absolute atomic E-state index is 13.7. The molecule has 0 aliphatic carbocycles. The van der Waals surface area contributed by atoms with Gasteiger partial charge in [0, 0.05) is 18.0 Å². The minimum atomic E-state index is -0.258. The van der Waals surface area contributed by atoms with E-state index < -0.39 is 0 Å². The van der Waals surface area contributed by atoms with Crippen molar-refractivity contribution < 1.29 is 9.13 Å². The number of fused-ring (bicyclic) bond motifs is 1. The summed E-state index contributed by atoms with van der Waals surface area (Å²) in [6, 6.07) is 11.6. The zero-order chi connectivity index (χ0) is 15.0. The predicted octanol–water partition coefficient (Wildman–Crippen LogP) is 4.68. The van der Waals surface area contributed by atoms with E-state index in [1.807, 2.05) is 25.2 Å². The number of rotatable bonds is 2. The Hall–Kier alpha value is -1.39. The molecule has 0 fully saturated rings. The third-order valence-electron chi connectivity index (χ3n) is 3.92. The minimum absolute atomic E-state index is 0.139. The Bertz CT molecular complexity index is 674. The molecule has 2 nitrogen and oxygen atoms in total. The summed E-state index contributed by atoms with van der Waals surface area (Å²) in [4.78, 5) is 0. The smallest absolute Gasteiger partial charge is 0.137 e. The van der Waals surface area contributed by atoms with E-state index in [1.54, 1.807) is 12.1 Å². The Morgan fingerprint density at radius 1 is 1.24 bits per heavy atom. The monoisotopic (exact) mass is 349 g/mol. The Labute approximate surface area is 132 Å². The zero-order valence-corrected chi connectivity index (χ0v) is 13.6. The molecule has 3 rings (SSSR count). The summed E-state index contributed by atoms with van der Waals surface area (Å²) < 4.78 is 20.3. The van der Waals surface area contributed by atoms with E-state index in [0.29, 0.717) is 4.47 Å². The molecule has 2 atom stereocenters. The first-order chi connectivity index (χ1) is 10.1. The third kappa shape index (κ3) is 2.83. The summed E-state index contributed by atoms with van der Waals surface area (Å²) in [5.74, 6) is 0.617. The molecule has 0 bridgehead atoms. The fourth-order valence-electron chi connectivity index (χ4n) is 2.78.